The summed E-state index contributed by atoms with van der Waals surface area (Å²) in [6, 6.07) is 4.20. The number of rotatable bonds is 4. The minimum Gasteiger partial charge on any atom is -0.504 e. The summed E-state index contributed by atoms with van der Waals surface area (Å²) in [5.41, 5.74) is 1.01. The van der Waals surface area contributed by atoms with Gasteiger partial charge in [-0.1, -0.05) is 28.8 Å². The highest BCUT2D eigenvalue weighted by Crippen LogP contribution is 2.46. The van der Waals surface area contributed by atoms with Gasteiger partial charge in [0.1, 0.15) is 0 Å². The van der Waals surface area contributed by atoms with Gasteiger partial charge in [-0.05, 0) is 30.9 Å². The van der Waals surface area contributed by atoms with Crippen molar-refractivity contribution < 1.29 is 9.84 Å². The summed E-state index contributed by atoms with van der Waals surface area (Å²) >= 11 is 3.57. The van der Waals surface area contributed by atoms with Crippen molar-refractivity contribution in [2.75, 3.05) is 33.3 Å². The van der Waals surface area contributed by atoms with Crippen molar-refractivity contribution in [1.29, 1.82) is 0 Å². The molecule has 0 amide bonds. The van der Waals surface area contributed by atoms with E-state index < -0.39 is 0 Å². The van der Waals surface area contributed by atoms with Crippen LogP contribution in [0.1, 0.15) is 37.3 Å². The van der Waals surface area contributed by atoms with Crippen molar-refractivity contribution >= 4 is 40.7 Å². The zero-order chi connectivity index (χ0) is 15.5. The maximum atomic E-state index is 10.7. The second-order valence-corrected chi connectivity index (χ2v) is 7.24. The minimum absolute atomic E-state index is 0. The summed E-state index contributed by atoms with van der Waals surface area (Å²) in [4.78, 5) is 2.54. The number of benzene rings is 1. The number of hydrogen-bond acceptors (Lipinski definition) is 4. The molecule has 24 heavy (non-hydrogen) atoms. The summed E-state index contributed by atoms with van der Waals surface area (Å²) in [5, 5.41) is 14.1. The number of methoxy groups -OCH3 is 1. The molecule has 0 radical (unpaired) electrons. The second-order valence-electron chi connectivity index (χ2n) is 6.32. The zero-order valence-corrected chi connectivity index (χ0v) is 17.2. The number of piperazine rings is 1. The highest BCUT2D eigenvalue weighted by Gasteiger charge is 2.34. The van der Waals surface area contributed by atoms with Crippen LogP contribution >= 0.6 is 40.7 Å². The van der Waals surface area contributed by atoms with Crippen molar-refractivity contribution in [3.8, 4) is 11.5 Å². The van der Waals surface area contributed by atoms with Crippen molar-refractivity contribution in [2.24, 2.45) is 5.92 Å². The molecule has 3 rings (SSSR count). The number of ether oxygens (including phenoxy) is 1. The highest BCUT2D eigenvalue weighted by molar-refractivity contribution is 9.10. The molecule has 4 nitrogen and oxygen atoms in total. The number of aromatic hydroxyl groups is 1. The lowest BCUT2D eigenvalue weighted by Gasteiger charge is -2.39. The minimum atomic E-state index is 0. The highest BCUT2D eigenvalue weighted by atomic mass is 79.9. The Kier molecular flexibility index (Phi) is 9.17. The molecule has 1 saturated heterocycles. The zero-order valence-electron chi connectivity index (χ0n) is 14.0. The van der Waals surface area contributed by atoms with Crippen molar-refractivity contribution in [3.05, 3.63) is 22.2 Å². The van der Waals surface area contributed by atoms with Crippen LogP contribution in [0.15, 0.2) is 16.6 Å². The van der Waals surface area contributed by atoms with Crippen LogP contribution in [0.2, 0.25) is 0 Å². The van der Waals surface area contributed by atoms with Crippen molar-refractivity contribution in [2.45, 2.75) is 31.7 Å². The molecule has 1 aromatic rings. The van der Waals surface area contributed by atoms with Gasteiger partial charge < -0.3 is 15.2 Å². The van der Waals surface area contributed by atoms with E-state index in [4.69, 9.17) is 4.74 Å². The van der Waals surface area contributed by atoms with E-state index in [9.17, 15) is 5.11 Å². The van der Waals surface area contributed by atoms with Crippen LogP contribution in [-0.2, 0) is 0 Å². The fourth-order valence-electron chi connectivity index (χ4n) is 3.96. The van der Waals surface area contributed by atoms with Gasteiger partial charge in [-0.15, -0.1) is 24.8 Å². The first kappa shape index (κ1) is 21.8. The van der Waals surface area contributed by atoms with Gasteiger partial charge in [0.25, 0.3) is 0 Å². The largest absolute Gasteiger partial charge is 0.504 e. The van der Waals surface area contributed by atoms with Crippen LogP contribution in [-0.4, -0.2) is 43.3 Å². The predicted molar refractivity (Wildman–Crippen MR) is 106 cm³/mol. The van der Waals surface area contributed by atoms with Crippen molar-refractivity contribution in [1.82, 2.24) is 10.2 Å². The molecule has 138 valence electrons. The Morgan fingerprint density at radius 3 is 2.42 bits per heavy atom. The summed E-state index contributed by atoms with van der Waals surface area (Å²) in [6.45, 7) is 4.12. The summed E-state index contributed by atoms with van der Waals surface area (Å²) in [6.07, 6.45) is 5.12. The van der Waals surface area contributed by atoms with Crippen LogP contribution in [0.3, 0.4) is 0 Å². The number of halogens is 3. The fourth-order valence-corrected chi connectivity index (χ4v) is 4.41. The van der Waals surface area contributed by atoms with E-state index in [1.165, 1.54) is 25.7 Å². The molecular weight excluding hydrogens is 415 g/mol. The van der Waals surface area contributed by atoms with E-state index in [1.807, 2.05) is 6.07 Å². The Hall–Kier alpha value is -0.200. The molecule has 0 unspecified atom stereocenters. The van der Waals surface area contributed by atoms with Gasteiger partial charge in [0.15, 0.2) is 11.5 Å². The molecule has 1 aromatic carbocycles. The predicted octanol–water partition coefficient (Wildman–Crippen LogP) is 4.14. The molecule has 7 heteroatoms. The number of nitrogens with zero attached hydrogens (tertiary/aromatic N) is 1. The van der Waals surface area contributed by atoms with Crippen LogP contribution in [0.4, 0.5) is 0 Å². The van der Waals surface area contributed by atoms with Crippen LogP contribution in [0.5, 0.6) is 11.5 Å². The van der Waals surface area contributed by atoms with Gasteiger partial charge in [-0.2, -0.15) is 0 Å². The summed E-state index contributed by atoms with van der Waals surface area (Å²) < 4.78 is 6.32. The quantitative estimate of drug-likeness (QED) is 0.736. The average molecular weight is 442 g/mol. The Bertz CT molecular complexity index is 522. The lowest BCUT2D eigenvalue weighted by molar-refractivity contribution is 0.123. The van der Waals surface area contributed by atoms with E-state index >= 15 is 0 Å². The van der Waals surface area contributed by atoms with Gasteiger partial charge in [-0.3, -0.25) is 4.90 Å². The maximum Gasteiger partial charge on any atom is 0.162 e. The van der Waals surface area contributed by atoms with E-state index in [2.05, 4.69) is 32.2 Å². The normalized spacial score (nSPS) is 20.1. The third kappa shape index (κ3) is 4.70. The lowest BCUT2D eigenvalue weighted by Crippen LogP contribution is -2.46. The first-order valence-electron chi connectivity index (χ1n) is 8.22. The molecule has 0 spiro atoms. The lowest BCUT2D eigenvalue weighted by atomic mass is 9.89. The van der Waals surface area contributed by atoms with E-state index in [-0.39, 0.29) is 30.9 Å². The van der Waals surface area contributed by atoms with Gasteiger partial charge in [0.2, 0.25) is 0 Å². The van der Waals surface area contributed by atoms with Crippen LogP contribution in [0.25, 0.3) is 0 Å². The SMILES string of the molecule is COc1cc(Br)cc([C@H](C2CCCC2)N2CCNCC2)c1O.Cl.Cl. The van der Waals surface area contributed by atoms with Gasteiger partial charge in [0, 0.05) is 42.3 Å². The Morgan fingerprint density at radius 2 is 1.83 bits per heavy atom. The number of phenols is 1. The maximum absolute atomic E-state index is 10.7. The average Bonchev–Trinajstić information content (AvgIpc) is 3.05. The molecule has 2 N–H and O–H groups in total. The van der Waals surface area contributed by atoms with E-state index in [1.54, 1.807) is 7.11 Å². The number of hydrogen-bond donors (Lipinski definition) is 2. The molecule has 1 heterocycles. The molecule has 0 bridgehead atoms. The molecule has 1 saturated carbocycles. The van der Waals surface area contributed by atoms with E-state index in [0.717, 1.165) is 36.2 Å². The Labute approximate surface area is 165 Å². The Balaban J connectivity index is 0.00000144. The smallest absolute Gasteiger partial charge is 0.162 e. The standard InChI is InChI=1S/C17H25BrN2O2.2ClH/c1-22-15-11-13(18)10-14(17(15)21)16(12-4-2-3-5-12)20-8-6-19-7-9-20;;/h10-12,16,19,21H,2-9H2,1H3;2*1H/t16-;;/m0../s1. The first-order chi connectivity index (χ1) is 10.7. The van der Waals surface area contributed by atoms with Gasteiger partial charge in [0.05, 0.1) is 7.11 Å². The molecule has 1 aliphatic carbocycles. The monoisotopic (exact) mass is 440 g/mol. The molecule has 2 fully saturated rings. The van der Waals surface area contributed by atoms with Crippen LogP contribution in [0, 0.1) is 5.92 Å². The van der Waals surface area contributed by atoms with Crippen LogP contribution < -0.4 is 10.1 Å². The third-order valence-corrected chi connectivity index (χ3v) is 5.46. The number of phenolic OH excluding ortho intramolecular Hbond substituents is 1. The van der Waals surface area contributed by atoms with Gasteiger partial charge in [-0.25, -0.2) is 0 Å². The summed E-state index contributed by atoms with van der Waals surface area (Å²) in [5.74, 6) is 1.49. The van der Waals surface area contributed by atoms with Gasteiger partial charge >= 0.3 is 0 Å². The Morgan fingerprint density at radius 1 is 1.21 bits per heavy atom. The van der Waals surface area contributed by atoms with Crippen molar-refractivity contribution in [3.63, 3.8) is 0 Å². The topological polar surface area (TPSA) is 44.7 Å². The third-order valence-electron chi connectivity index (χ3n) is 5.00. The number of nitrogens with one attached hydrogen (secondary N) is 1. The molecule has 1 aliphatic heterocycles. The molecular formula is C17H27BrCl2N2O2. The van der Waals surface area contributed by atoms with E-state index in [0.29, 0.717) is 17.4 Å². The fraction of sp³-hybridized carbons (Fsp3) is 0.647. The molecule has 2 aliphatic rings. The summed E-state index contributed by atoms with van der Waals surface area (Å²) in [7, 11) is 1.61. The molecule has 1 atom stereocenters. The molecule has 0 aromatic heterocycles. The first-order valence-corrected chi connectivity index (χ1v) is 9.01. The second kappa shape index (κ2) is 10.1.